The number of likely N-dealkylation sites (N-methyl/N-ethyl adjacent to an activating group) is 1. The SMILES string of the molecule is CN(C(=O)Cc1ccccc1F)C(c1ccccc1)c1ccccc1. The fraction of sp³-hybridized carbons (Fsp3) is 0.136. The van der Waals surface area contributed by atoms with Gasteiger partial charge in [-0.05, 0) is 22.8 Å². The van der Waals surface area contributed by atoms with Crippen LogP contribution >= 0.6 is 0 Å². The first-order chi connectivity index (χ1) is 12.2. The number of rotatable bonds is 5. The van der Waals surface area contributed by atoms with Gasteiger partial charge in [-0.2, -0.15) is 0 Å². The Morgan fingerprint density at radius 3 is 1.84 bits per heavy atom. The molecule has 3 aromatic carbocycles. The van der Waals surface area contributed by atoms with Gasteiger partial charge in [0.25, 0.3) is 0 Å². The molecule has 0 spiro atoms. The average Bonchev–Trinajstić information content (AvgIpc) is 2.65. The lowest BCUT2D eigenvalue weighted by atomic mass is 9.97. The van der Waals surface area contributed by atoms with Gasteiger partial charge in [0.1, 0.15) is 5.82 Å². The zero-order valence-corrected chi connectivity index (χ0v) is 14.1. The lowest BCUT2D eigenvalue weighted by Crippen LogP contribution is -2.33. The molecule has 0 unspecified atom stereocenters. The maximum absolute atomic E-state index is 13.9. The summed E-state index contributed by atoms with van der Waals surface area (Å²) in [5.74, 6) is -0.469. The molecule has 3 heteroatoms. The molecule has 0 radical (unpaired) electrons. The predicted octanol–water partition coefficient (Wildman–Crippen LogP) is 4.62. The smallest absolute Gasteiger partial charge is 0.227 e. The number of hydrogen-bond donors (Lipinski definition) is 0. The topological polar surface area (TPSA) is 20.3 Å². The largest absolute Gasteiger partial charge is 0.334 e. The van der Waals surface area contributed by atoms with E-state index in [4.69, 9.17) is 0 Å². The summed E-state index contributed by atoms with van der Waals surface area (Å²) < 4.78 is 13.9. The quantitative estimate of drug-likeness (QED) is 0.667. The van der Waals surface area contributed by atoms with Gasteiger partial charge in [-0.25, -0.2) is 4.39 Å². The van der Waals surface area contributed by atoms with Crippen molar-refractivity contribution in [3.8, 4) is 0 Å². The van der Waals surface area contributed by atoms with Crippen LogP contribution < -0.4 is 0 Å². The van der Waals surface area contributed by atoms with Crippen molar-refractivity contribution in [2.24, 2.45) is 0 Å². The molecule has 126 valence electrons. The summed E-state index contributed by atoms with van der Waals surface area (Å²) in [4.78, 5) is 14.5. The van der Waals surface area contributed by atoms with Crippen LogP contribution in [0.5, 0.6) is 0 Å². The zero-order chi connectivity index (χ0) is 17.6. The number of halogens is 1. The first-order valence-electron chi connectivity index (χ1n) is 8.26. The molecule has 0 aliphatic carbocycles. The Morgan fingerprint density at radius 1 is 0.840 bits per heavy atom. The lowest BCUT2D eigenvalue weighted by Gasteiger charge is -2.29. The van der Waals surface area contributed by atoms with Crippen molar-refractivity contribution in [3.63, 3.8) is 0 Å². The Bertz CT molecular complexity index is 793. The van der Waals surface area contributed by atoms with Gasteiger partial charge in [0, 0.05) is 7.05 Å². The first-order valence-corrected chi connectivity index (χ1v) is 8.26. The Morgan fingerprint density at radius 2 is 1.32 bits per heavy atom. The van der Waals surface area contributed by atoms with Gasteiger partial charge in [-0.3, -0.25) is 4.79 Å². The minimum atomic E-state index is -0.347. The molecule has 0 atom stereocenters. The van der Waals surface area contributed by atoms with Gasteiger partial charge >= 0.3 is 0 Å². The van der Waals surface area contributed by atoms with Gasteiger partial charge in [0.2, 0.25) is 5.91 Å². The summed E-state index contributed by atoms with van der Waals surface area (Å²) in [6.07, 6.45) is 0.0410. The molecule has 0 heterocycles. The zero-order valence-electron chi connectivity index (χ0n) is 14.1. The van der Waals surface area contributed by atoms with E-state index in [0.717, 1.165) is 11.1 Å². The Balaban J connectivity index is 1.90. The molecular weight excluding hydrogens is 313 g/mol. The van der Waals surface area contributed by atoms with E-state index in [1.54, 1.807) is 30.1 Å². The molecule has 0 bridgehead atoms. The minimum absolute atomic E-state index is 0.0410. The van der Waals surface area contributed by atoms with Crippen molar-refractivity contribution in [3.05, 3.63) is 107 Å². The summed E-state index contributed by atoms with van der Waals surface area (Å²) in [6.45, 7) is 0. The highest BCUT2D eigenvalue weighted by molar-refractivity contribution is 5.79. The van der Waals surface area contributed by atoms with Crippen LogP contribution in [0.4, 0.5) is 4.39 Å². The van der Waals surface area contributed by atoms with E-state index in [1.807, 2.05) is 60.7 Å². The maximum atomic E-state index is 13.9. The van der Waals surface area contributed by atoms with Crippen LogP contribution in [0.1, 0.15) is 22.7 Å². The van der Waals surface area contributed by atoms with Crippen molar-refractivity contribution in [2.45, 2.75) is 12.5 Å². The van der Waals surface area contributed by atoms with Crippen LogP contribution in [0.15, 0.2) is 84.9 Å². The molecule has 0 aromatic heterocycles. The number of carbonyl (C=O) groups excluding carboxylic acids is 1. The Labute approximate surface area is 147 Å². The van der Waals surface area contributed by atoms with Crippen molar-refractivity contribution in [1.29, 1.82) is 0 Å². The molecule has 2 nitrogen and oxygen atoms in total. The van der Waals surface area contributed by atoms with E-state index in [9.17, 15) is 9.18 Å². The molecule has 0 fully saturated rings. The third kappa shape index (κ3) is 3.94. The van der Waals surface area contributed by atoms with Gasteiger partial charge in [-0.1, -0.05) is 78.9 Å². The number of amides is 1. The fourth-order valence-corrected chi connectivity index (χ4v) is 2.98. The normalized spacial score (nSPS) is 10.7. The molecule has 0 N–H and O–H groups in total. The van der Waals surface area contributed by atoms with Crippen LogP contribution in [-0.4, -0.2) is 17.9 Å². The number of nitrogens with zero attached hydrogens (tertiary/aromatic N) is 1. The third-order valence-corrected chi connectivity index (χ3v) is 4.31. The molecular formula is C22H20FNO. The fourth-order valence-electron chi connectivity index (χ4n) is 2.98. The van der Waals surface area contributed by atoms with Gasteiger partial charge in [-0.15, -0.1) is 0 Å². The van der Waals surface area contributed by atoms with E-state index in [0.29, 0.717) is 5.56 Å². The highest BCUT2D eigenvalue weighted by Gasteiger charge is 2.23. The second-order valence-electron chi connectivity index (χ2n) is 6.00. The van der Waals surface area contributed by atoms with Crippen molar-refractivity contribution in [2.75, 3.05) is 7.05 Å². The second kappa shape index (κ2) is 7.75. The van der Waals surface area contributed by atoms with Gasteiger partial charge < -0.3 is 4.90 Å². The standard InChI is InChI=1S/C22H20FNO/c1-24(21(25)16-19-14-8-9-15-20(19)23)22(17-10-4-2-5-11-17)18-12-6-3-7-13-18/h2-15,22H,16H2,1H3. The molecule has 0 aliphatic rings. The van der Waals surface area contributed by atoms with Crippen molar-refractivity contribution >= 4 is 5.91 Å². The summed E-state index contributed by atoms with van der Waals surface area (Å²) in [7, 11) is 1.77. The number of hydrogen-bond acceptors (Lipinski definition) is 1. The molecule has 0 saturated carbocycles. The highest BCUT2D eigenvalue weighted by atomic mass is 19.1. The van der Waals surface area contributed by atoms with Crippen LogP contribution in [-0.2, 0) is 11.2 Å². The minimum Gasteiger partial charge on any atom is -0.334 e. The van der Waals surface area contributed by atoms with E-state index < -0.39 is 0 Å². The molecule has 1 amide bonds. The van der Waals surface area contributed by atoms with E-state index in [2.05, 4.69) is 0 Å². The maximum Gasteiger partial charge on any atom is 0.227 e. The van der Waals surface area contributed by atoms with E-state index in [1.165, 1.54) is 6.07 Å². The lowest BCUT2D eigenvalue weighted by molar-refractivity contribution is -0.130. The summed E-state index contributed by atoms with van der Waals surface area (Å²) in [6, 6.07) is 26.0. The van der Waals surface area contributed by atoms with Crippen LogP contribution in [0.3, 0.4) is 0 Å². The monoisotopic (exact) mass is 333 g/mol. The molecule has 0 aliphatic heterocycles. The van der Waals surface area contributed by atoms with E-state index in [-0.39, 0.29) is 24.2 Å². The van der Waals surface area contributed by atoms with Crippen molar-refractivity contribution < 1.29 is 9.18 Å². The number of benzene rings is 3. The molecule has 25 heavy (non-hydrogen) atoms. The summed E-state index contributed by atoms with van der Waals surface area (Å²) >= 11 is 0. The van der Waals surface area contributed by atoms with Crippen LogP contribution in [0.2, 0.25) is 0 Å². The number of carbonyl (C=O) groups is 1. The Hall–Kier alpha value is -2.94. The van der Waals surface area contributed by atoms with Crippen LogP contribution in [0.25, 0.3) is 0 Å². The second-order valence-corrected chi connectivity index (χ2v) is 6.00. The van der Waals surface area contributed by atoms with E-state index >= 15 is 0 Å². The van der Waals surface area contributed by atoms with Crippen LogP contribution in [0, 0.1) is 5.82 Å². The average molecular weight is 333 g/mol. The van der Waals surface area contributed by atoms with Gasteiger partial charge in [0.05, 0.1) is 12.5 Å². The molecule has 3 aromatic rings. The Kier molecular flexibility index (Phi) is 5.24. The summed E-state index contributed by atoms with van der Waals surface area (Å²) in [5, 5.41) is 0. The molecule has 0 saturated heterocycles. The molecule has 3 rings (SSSR count). The first kappa shape index (κ1) is 16.9. The third-order valence-electron chi connectivity index (χ3n) is 4.31. The van der Waals surface area contributed by atoms with Gasteiger partial charge in [0.15, 0.2) is 0 Å². The highest BCUT2D eigenvalue weighted by Crippen LogP contribution is 2.28. The predicted molar refractivity (Wildman–Crippen MR) is 97.6 cm³/mol. The summed E-state index contributed by atoms with van der Waals surface area (Å²) in [5.41, 5.74) is 2.47. The van der Waals surface area contributed by atoms with Crippen molar-refractivity contribution in [1.82, 2.24) is 4.90 Å².